The zero-order valence-electron chi connectivity index (χ0n) is 11.1. The second-order valence-electron chi connectivity index (χ2n) is 4.88. The first-order valence-corrected chi connectivity index (χ1v) is 6.76. The summed E-state index contributed by atoms with van der Waals surface area (Å²) in [6, 6.07) is 6.79. The summed E-state index contributed by atoms with van der Waals surface area (Å²) in [6.07, 6.45) is 2.61. The van der Waals surface area contributed by atoms with E-state index in [2.05, 4.69) is 0 Å². The van der Waals surface area contributed by atoms with Crippen LogP contribution in [0.5, 0.6) is 0 Å². The summed E-state index contributed by atoms with van der Waals surface area (Å²) in [5.74, 6) is -0.704. The van der Waals surface area contributed by atoms with E-state index in [0.29, 0.717) is 31.4 Å². The highest BCUT2D eigenvalue weighted by Gasteiger charge is 2.29. The number of hydrogen-bond donors (Lipinski definition) is 1. The smallest absolute Gasteiger partial charge is 0.326 e. The fourth-order valence-electron chi connectivity index (χ4n) is 2.63. The predicted molar refractivity (Wildman–Crippen MR) is 73.7 cm³/mol. The molecule has 19 heavy (non-hydrogen) atoms. The summed E-state index contributed by atoms with van der Waals surface area (Å²) in [5, 5.41) is 9.41. The average molecular weight is 261 g/mol. The van der Waals surface area contributed by atoms with Crippen LogP contribution in [0.3, 0.4) is 0 Å². The number of para-hydroxylation sites is 1. The minimum atomic E-state index is -0.814. The van der Waals surface area contributed by atoms with Gasteiger partial charge in [-0.15, -0.1) is 0 Å². The number of carbonyl (C=O) groups excluding carboxylic acids is 1. The maximum Gasteiger partial charge on any atom is 0.326 e. The number of Topliss-reactive ketones (excluding diaryl/α,β-unsaturated/α-hetero) is 1. The molecule has 2 rings (SSSR count). The molecule has 1 N–H and O–H groups in total. The molecule has 1 aromatic rings. The third-order valence-electron chi connectivity index (χ3n) is 3.54. The number of carbonyl (C=O) groups is 2. The van der Waals surface area contributed by atoms with Crippen molar-refractivity contribution in [3.63, 3.8) is 0 Å². The number of ketones is 1. The van der Waals surface area contributed by atoms with Crippen molar-refractivity contribution < 1.29 is 14.7 Å². The molecule has 4 heteroatoms. The van der Waals surface area contributed by atoms with Crippen molar-refractivity contribution in [1.29, 1.82) is 0 Å². The summed E-state index contributed by atoms with van der Waals surface area (Å²) >= 11 is 0. The van der Waals surface area contributed by atoms with Crippen molar-refractivity contribution in [1.82, 2.24) is 0 Å². The molecule has 0 spiro atoms. The van der Waals surface area contributed by atoms with Crippen molar-refractivity contribution in [2.75, 3.05) is 11.4 Å². The van der Waals surface area contributed by atoms with Crippen LogP contribution in [-0.4, -0.2) is 29.4 Å². The minimum absolute atomic E-state index is 0.110. The van der Waals surface area contributed by atoms with Crippen LogP contribution < -0.4 is 4.90 Å². The third kappa shape index (κ3) is 2.78. The van der Waals surface area contributed by atoms with E-state index in [1.165, 1.54) is 0 Å². The average Bonchev–Trinajstić information content (AvgIpc) is 2.56. The lowest BCUT2D eigenvalue weighted by Gasteiger charge is -2.30. The van der Waals surface area contributed by atoms with Gasteiger partial charge in [-0.2, -0.15) is 0 Å². The molecule has 1 unspecified atom stereocenters. The largest absolute Gasteiger partial charge is 0.480 e. The minimum Gasteiger partial charge on any atom is -0.480 e. The molecule has 1 atom stereocenters. The number of carboxylic acids is 1. The van der Waals surface area contributed by atoms with E-state index in [0.717, 1.165) is 12.1 Å². The fourth-order valence-corrected chi connectivity index (χ4v) is 2.63. The first kappa shape index (κ1) is 13.6. The lowest BCUT2D eigenvalue weighted by atomic mass is 10.0. The molecule has 0 fully saturated rings. The molecule has 102 valence electrons. The van der Waals surface area contributed by atoms with E-state index in [-0.39, 0.29) is 5.78 Å². The Balaban J connectivity index is 2.42. The molecular formula is C15H19NO3. The maximum absolute atomic E-state index is 12.0. The van der Waals surface area contributed by atoms with Crippen LogP contribution in [0.25, 0.3) is 0 Å². The van der Waals surface area contributed by atoms with E-state index in [9.17, 15) is 14.7 Å². The van der Waals surface area contributed by atoms with Crippen LogP contribution in [0.2, 0.25) is 0 Å². The Morgan fingerprint density at radius 3 is 2.84 bits per heavy atom. The second-order valence-corrected chi connectivity index (χ2v) is 4.88. The van der Waals surface area contributed by atoms with Crippen LogP contribution in [0.15, 0.2) is 24.3 Å². The Labute approximate surface area is 113 Å². The number of anilines is 1. The van der Waals surface area contributed by atoms with Gasteiger partial charge in [0.1, 0.15) is 6.04 Å². The SMILES string of the molecule is CCCC(C(=O)O)N1CCCC(=O)c2ccccc21. The van der Waals surface area contributed by atoms with Crippen molar-refractivity contribution in [2.24, 2.45) is 0 Å². The first-order valence-electron chi connectivity index (χ1n) is 6.76. The van der Waals surface area contributed by atoms with Crippen LogP contribution >= 0.6 is 0 Å². The molecule has 0 saturated carbocycles. The quantitative estimate of drug-likeness (QED) is 0.905. The Kier molecular flexibility index (Phi) is 4.20. The van der Waals surface area contributed by atoms with Crippen LogP contribution in [-0.2, 0) is 4.79 Å². The molecule has 0 bridgehead atoms. The highest BCUT2D eigenvalue weighted by atomic mass is 16.4. The summed E-state index contributed by atoms with van der Waals surface area (Å²) in [7, 11) is 0. The predicted octanol–water partition coefficient (Wildman–Crippen LogP) is 2.72. The van der Waals surface area contributed by atoms with E-state index in [4.69, 9.17) is 0 Å². The highest BCUT2D eigenvalue weighted by molar-refractivity contribution is 6.02. The van der Waals surface area contributed by atoms with Gasteiger partial charge in [0.05, 0.1) is 0 Å². The topological polar surface area (TPSA) is 57.6 Å². The number of hydrogen-bond acceptors (Lipinski definition) is 3. The number of benzene rings is 1. The zero-order chi connectivity index (χ0) is 13.8. The Hall–Kier alpha value is -1.84. The van der Waals surface area contributed by atoms with Crippen molar-refractivity contribution >= 4 is 17.4 Å². The Morgan fingerprint density at radius 1 is 1.42 bits per heavy atom. The third-order valence-corrected chi connectivity index (χ3v) is 3.54. The standard InChI is InChI=1S/C15H19NO3/c1-2-6-13(15(18)19)16-10-5-9-14(17)11-7-3-4-8-12(11)16/h3-4,7-8,13H,2,5-6,9-10H2,1H3,(H,18,19). The van der Waals surface area contributed by atoms with Gasteiger partial charge in [-0.05, 0) is 25.0 Å². The van der Waals surface area contributed by atoms with Gasteiger partial charge in [-0.3, -0.25) is 4.79 Å². The summed E-state index contributed by atoms with van der Waals surface area (Å²) in [5.41, 5.74) is 1.42. The van der Waals surface area contributed by atoms with Gasteiger partial charge in [-0.1, -0.05) is 25.5 Å². The Morgan fingerprint density at radius 2 is 2.16 bits per heavy atom. The lowest BCUT2D eigenvalue weighted by Crippen LogP contribution is -2.42. The van der Waals surface area contributed by atoms with Gasteiger partial charge in [0, 0.05) is 24.2 Å². The molecule has 0 amide bonds. The summed E-state index contributed by atoms with van der Waals surface area (Å²) < 4.78 is 0. The van der Waals surface area contributed by atoms with Crippen LogP contribution in [0.1, 0.15) is 43.0 Å². The highest BCUT2D eigenvalue weighted by Crippen LogP contribution is 2.29. The van der Waals surface area contributed by atoms with Crippen molar-refractivity contribution in [3.8, 4) is 0 Å². The summed E-state index contributed by atoms with van der Waals surface area (Å²) in [6.45, 7) is 2.60. The monoisotopic (exact) mass is 261 g/mol. The molecular weight excluding hydrogens is 242 g/mol. The molecule has 1 aliphatic rings. The number of rotatable bonds is 4. The second kappa shape index (κ2) is 5.87. The lowest BCUT2D eigenvalue weighted by molar-refractivity contribution is -0.138. The molecule has 1 aliphatic heterocycles. The van der Waals surface area contributed by atoms with E-state index < -0.39 is 12.0 Å². The van der Waals surface area contributed by atoms with Gasteiger partial charge >= 0.3 is 5.97 Å². The van der Waals surface area contributed by atoms with Crippen molar-refractivity contribution in [2.45, 2.75) is 38.6 Å². The van der Waals surface area contributed by atoms with E-state index in [1.807, 2.05) is 30.0 Å². The maximum atomic E-state index is 12.0. The van der Waals surface area contributed by atoms with Crippen molar-refractivity contribution in [3.05, 3.63) is 29.8 Å². The first-order chi connectivity index (χ1) is 9.15. The van der Waals surface area contributed by atoms with Crippen LogP contribution in [0.4, 0.5) is 5.69 Å². The number of fused-ring (bicyclic) bond motifs is 1. The molecule has 0 radical (unpaired) electrons. The molecule has 0 aliphatic carbocycles. The van der Waals surface area contributed by atoms with E-state index >= 15 is 0 Å². The number of carboxylic acid groups (broad SMARTS) is 1. The van der Waals surface area contributed by atoms with Gasteiger partial charge in [0.15, 0.2) is 5.78 Å². The number of aliphatic carboxylic acids is 1. The fraction of sp³-hybridized carbons (Fsp3) is 0.467. The molecule has 0 aromatic heterocycles. The van der Waals surface area contributed by atoms with Crippen LogP contribution in [0, 0.1) is 0 Å². The summed E-state index contributed by atoms with van der Waals surface area (Å²) in [4.78, 5) is 25.4. The van der Waals surface area contributed by atoms with Gasteiger partial charge in [0.2, 0.25) is 0 Å². The molecule has 1 heterocycles. The molecule has 1 aromatic carbocycles. The van der Waals surface area contributed by atoms with Gasteiger partial charge in [0.25, 0.3) is 0 Å². The van der Waals surface area contributed by atoms with Gasteiger partial charge in [-0.25, -0.2) is 4.79 Å². The molecule has 4 nitrogen and oxygen atoms in total. The Bertz CT molecular complexity index is 484. The normalized spacial score (nSPS) is 16.7. The van der Waals surface area contributed by atoms with Gasteiger partial charge < -0.3 is 10.0 Å². The number of nitrogens with zero attached hydrogens (tertiary/aromatic N) is 1. The van der Waals surface area contributed by atoms with E-state index in [1.54, 1.807) is 6.07 Å². The zero-order valence-corrected chi connectivity index (χ0v) is 11.1. The molecule has 0 saturated heterocycles.